The zero-order chi connectivity index (χ0) is 26.5. The lowest BCUT2D eigenvalue weighted by molar-refractivity contribution is -0.124. The monoisotopic (exact) mass is 537 g/mol. The van der Waals surface area contributed by atoms with Crippen LogP contribution in [0.25, 0.3) is 11.1 Å². The van der Waals surface area contributed by atoms with E-state index in [9.17, 15) is 17.6 Å². The molecule has 1 amide bonds. The molecule has 0 radical (unpaired) electrons. The lowest BCUT2D eigenvalue weighted by Gasteiger charge is -2.26. The molecule has 3 aromatic carbocycles. The summed E-state index contributed by atoms with van der Waals surface area (Å²) < 4.78 is 46.1. The van der Waals surface area contributed by atoms with Crippen LogP contribution < -0.4 is 5.32 Å². The first-order valence-corrected chi connectivity index (χ1v) is 14.4. The summed E-state index contributed by atoms with van der Waals surface area (Å²) in [5, 5.41) is 2.92. The summed E-state index contributed by atoms with van der Waals surface area (Å²) in [5.41, 5.74) is 4.34. The van der Waals surface area contributed by atoms with Crippen molar-refractivity contribution in [1.82, 2.24) is 14.5 Å². The first kappa shape index (κ1) is 26.5. The quantitative estimate of drug-likeness (QED) is 0.473. The first-order valence-electron chi connectivity index (χ1n) is 12.9. The second-order valence-electron chi connectivity index (χ2n) is 9.73. The third kappa shape index (κ3) is 6.13. The van der Waals surface area contributed by atoms with Crippen molar-refractivity contribution < 1.29 is 22.3 Å². The molecule has 0 saturated carbocycles. The molecular weight excluding hydrogens is 505 g/mol. The van der Waals surface area contributed by atoms with Crippen LogP contribution in [-0.4, -0.2) is 62.4 Å². The number of benzene rings is 3. The standard InChI is InChI=1S/C29H32FN3O4S/c30-26-10-12-27(13-11-26)38(35,36)33-14-2-5-28(33)29(34)31-20-23-3-1-4-25(19-23)24-8-6-22(7-9-24)21-32-15-17-37-18-16-32/h1,3-4,6-13,19,28H,2,5,14-18,20-21H2,(H,31,34). The maximum atomic E-state index is 13.3. The Morgan fingerprint density at radius 2 is 1.66 bits per heavy atom. The van der Waals surface area contributed by atoms with Crippen LogP contribution in [0.3, 0.4) is 0 Å². The number of amides is 1. The highest BCUT2D eigenvalue weighted by Crippen LogP contribution is 2.27. The van der Waals surface area contributed by atoms with E-state index in [0.717, 1.165) is 61.7 Å². The van der Waals surface area contributed by atoms with E-state index in [1.165, 1.54) is 22.0 Å². The summed E-state index contributed by atoms with van der Waals surface area (Å²) in [4.78, 5) is 15.4. The van der Waals surface area contributed by atoms with Gasteiger partial charge in [0.25, 0.3) is 0 Å². The zero-order valence-electron chi connectivity index (χ0n) is 21.2. The van der Waals surface area contributed by atoms with Crippen molar-refractivity contribution in [2.45, 2.75) is 36.9 Å². The summed E-state index contributed by atoms with van der Waals surface area (Å²) in [6, 6.07) is 20.4. The number of nitrogens with zero attached hydrogens (tertiary/aromatic N) is 2. The minimum atomic E-state index is -3.89. The molecule has 9 heteroatoms. The van der Waals surface area contributed by atoms with E-state index in [-0.39, 0.29) is 17.3 Å². The van der Waals surface area contributed by atoms with Gasteiger partial charge in [-0.15, -0.1) is 0 Å². The van der Waals surface area contributed by atoms with Crippen molar-refractivity contribution in [2.75, 3.05) is 32.8 Å². The van der Waals surface area contributed by atoms with E-state index in [0.29, 0.717) is 19.4 Å². The number of carbonyl (C=O) groups is 1. The summed E-state index contributed by atoms with van der Waals surface area (Å²) in [6.45, 7) is 4.93. The number of sulfonamides is 1. The zero-order valence-corrected chi connectivity index (χ0v) is 22.0. The van der Waals surface area contributed by atoms with Gasteiger partial charge in [-0.05, 0) is 65.4 Å². The Morgan fingerprint density at radius 3 is 2.39 bits per heavy atom. The van der Waals surface area contributed by atoms with Gasteiger partial charge in [-0.3, -0.25) is 9.69 Å². The number of rotatable bonds is 8. The third-order valence-corrected chi connectivity index (χ3v) is 9.04. The molecule has 3 aromatic rings. The molecule has 2 fully saturated rings. The number of nitrogens with one attached hydrogen (secondary N) is 1. The fourth-order valence-corrected chi connectivity index (χ4v) is 6.68. The summed E-state index contributed by atoms with van der Waals surface area (Å²) >= 11 is 0. The molecule has 200 valence electrons. The second kappa shape index (κ2) is 11.7. The molecule has 38 heavy (non-hydrogen) atoms. The molecule has 2 saturated heterocycles. The topological polar surface area (TPSA) is 79.0 Å². The Morgan fingerprint density at radius 1 is 0.921 bits per heavy atom. The molecule has 0 bridgehead atoms. The van der Waals surface area contributed by atoms with Gasteiger partial charge in [-0.1, -0.05) is 42.5 Å². The summed E-state index contributed by atoms with van der Waals surface area (Å²) in [6.07, 6.45) is 1.04. The van der Waals surface area contributed by atoms with E-state index in [1.807, 2.05) is 24.3 Å². The molecule has 2 aliphatic rings. The highest BCUT2D eigenvalue weighted by Gasteiger charge is 2.39. The van der Waals surface area contributed by atoms with Crippen molar-refractivity contribution in [3.63, 3.8) is 0 Å². The lowest BCUT2D eigenvalue weighted by atomic mass is 10.0. The second-order valence-corrected chi connectivity index (χ2v) is 11.6. The molecule has 2 aliphatic heterocycles. The SMILES string of the molecule is O=C(NCc1cccc(-c2ccc(CN3CCOCC3)cc2)c1)C1CCCN1S(=O)(=O)c1ccc(F)cc1. The van der Waals surface area contributed by atoms with Crippen LogP contribution in [-0.2, 0) is 32.6 Å². The van der Waals surface area contributed by atoms with Crippen molar-refractivity contribution in [3.05, 3.63) is 89.7 Å². The van der Waals surface area contributed by atoms with Crippen LogP contribution in [0.4, 0.5) is 4.39 Å². The first-order chi connectivity index (χ1) is 18.4. The molecule has 0 aromatic heterocycles. The van der Waals surface area contributed by atoms with Crippen LogP contribution in [0, 0.1) is 5.82 Å². The van der Waals surface area contributed by atoms with Crippen molar-refractivity contribution in [1.29, 1.82) is 0 Å². The van der Waals surface area contributed by atoms with Crippen LogP contribution in [0.5, 0.6) is 0 Å². The minimum absolute atomic E-state index is 0.0118. The van der Waals surface area contributed by atoms with E-state index in [1.54, 1.807) is 0 Å². The van der Waals surface area contributed by atoms with Crippen LogP contribution in [0.1, 0.15) is 24.0 Å². The molecule has 1 atom stereocenters. The maximum absolute atomic E-state index is 13.3. The van der Waals surface area contributed by atoms with Crippen LogP contribution >= 0.6 is 0 Å². The third-order valence-electron chi connectivity index (χ3n) is 7.12. The number of carbonyl (C=O) groups excluding carboxylic acids is 1. The Balaban J connectivity index is 1.21. The number of hydrogen-bond acceptors (Lipinski definition) is 5. The number of hydrogen-bond donors (Lipinski definition) is 1. The predicted octanol–water partition coefficient (Wildman–Crippen LogP) is 3.79. The van der Waals surface area contributed by atoms with Gasteiger partial charge in [0.2, 0.25) is 15.9 Å². The van der Waals surface area contributed by atoms with Crippen molar-refractivity contribution in [3.8, 4) is 11.1 Å². The van der Waals surface area contributed by atoms with Crippen LogP contribution in [0.15, 0.2) is 77.7 Å². The summed E-state index contributed by atoms with van der Waals surface area (Å²) in [5.74, 6) is -0.836. The molecule has 0 aliphatic carbocycles. The Bertz CT molecular complexity index is 1360. The van der Waals surface area contributed by atoms with E-state index in [2.05, 4.69) is 34.5 Å². The predicted molar refractivity (Wildman–Crippen MR) is 143 cm³/mol. The van der Waals surface area contributed by atoms with E-state index < -0.39 is 21.9 Å². The van der Waals surface area contributed by atoms with Crippen molar-refractivity contribution in [2.24, 2.45) is 0 Å². The number of ether oxygens (including phenoxy) is 1. The van der Waals surface area contributed by atoms with Gasteiger partial charge in [0.05, 0.1) is 18.1 Å². The van der Waals surface area contributed by atoms with Crippen molar-refractivity contribution >= 4 is 15.9 Å². The molecule has 2 heterocycles. The highest BCUT2D eigenvalue weighted by atomic mass is 32.2. The van der Waals surface area contributed by atoms with Gasteiger partial charge in [0.1, 0.15) is 11.9 Å². The minimum Gasteiger partial charge on any atom is -0.379 e. The normalized spacial score (nSPS) is 18.9. The summed E-state index contributed by atoms with van der Waals surface area (Å²) in [7, 11) is -3.89. The van der Waals surface area contributed by atoms with E-state index in [4.69, 9.17) is 4.74 Å². The molecule has 0 spiro atoms. The Hall–Kier alpha value is -3.11. The Kier molecular flexibility index (Phi) is 8.18. The van der Waals surface area contributed by atoms with Gasteiger partial charge in [-0.2, -0.15) is 4.31 Å². The largest absolute Gasteiger partial charge is 0.379 e. The van der Waals surface area contributed by atoms with Gasteiger partial charge >= 0.3 is 0 Å². The fraction of sp³-hybridized carbons (Fsp3) is 0.345. The molecule has 5 rings (SSSR count). The fourth-order valence-electron chi connectivity index (χ4n) is 5.02. The Labute approximate surface area is 223 Å². The average Bonchev–Trinajstić information content (AvgIpc) is 3.45. The average molecular weight is 538 g/mol. The number of halogens is 1. The lowest BCUT2D eigenvalue weighted by Crippen LogP contribution is -2.45. The van der Waals surface area contributed by atoms with E-state index >= 15 is 0 Å². The molecule has 7 nitrogen and oxygen atoms in total. The van der Waals surface area contributed by atoms with Gasteiger partial charge in [0, 0.05) is 32.7 Å². The van der Waals surface area contributed by atoms with Crippen LogP contribution in [0.2, 0.25) is 0 Å². The van der Waals surface area contributed by atoms with Gasteiger partial charge < -0.3 is 10.1 Å². The number of morpholine rings is 1. The molecule has 1 unspecified atom stereocenters. The molecule has 1 N–H and O–H groups in total. The maximum Gasteiger partial charge on any atom is 0.243 e. The van der Waals surface area contributed by atoms with Gasteiger partial charge in [-0.25, -0.2) is 12.8 Å². The highest BCUT2D eigenvalue weighted by molar-refractivity contribution is 7.89. The smallest absolute Gasteiger partial charge is 0.243 e. The van der Waals surface area contributed by atoms with Gasteiger partial charge in [0.15, 0.2) is 0 Å². The molecular formula is C29H32FN3O4S.